The number of urea groups is 1. The SMILES string of the molecule is Cc1nn(-c2ccccc2)c2ncc(NC(=O)N3CCC3C3CC3)cc12. The molecule has 1 aromatic carbocycles. The Morgan fingerprint density at radius 2 is 2.00 bits per heavy atom. The fourth-order valence-electron chi connectivity index (χ4n) is 3.79. The fourth-order valence-corrected chi connectivity index (χ4v) is 3.79. The van der Waals surface area contributed by atoms with Crippen molar-refractivity contribution in [1.82, 2.24) is 19.7 Å². The van der Waals surface area contributed by atoms with E-state index in [1.165, 1.54) is 12.8 Å². The van der Waals surface area contributed by atoms with Gasteiger partial charge < -0.3 is 10.2 Å². The zero-order valence-electron chi connectivity index (χ0n) is 14.7. The standard InChI is InChI=1S/C20H21N5O/c1-13-17-11-15(22-20(26)24-10-9-18(24)14-7-8-14)12-21-19(17)25(23-13)16-5-3-2-4-6-16/h2-6,11-12,14,18H,7-10H2,1H3,(H,22,26). The number of anilines is 1. The summed E-state index contributed by atoms with van der Waals surface area (Å²) < 4.78 is 1.84. The Hall–Kier alpha value is -2.89. The van der Waals surface area contributed by atoms with Crippen LogP contribution in [0.1, 0.15) is 25.0 Å². The maximum Gasteiger partial charge on any atom is 0.322 e. The Kier molecular flexibility index (Phi) is 3.45. The van der Waals surface area contributed by atoms with Gasteiger partial charge in [0.2, 0.25) is 0 Å². The minimum Gasteiger partial charge on any atom is -0.321 e. The quantitative estimate of drug-likeness (QED) is 0.785. The lowest BCUT2D eigenvalue weighted by molar-refractivity contribution is 0.111. The van der Waals surface area contributed by atoms with Crippen LogP contribution in [-0.4, -0.2) is 38.3 Å². The third kappa shape index (κ3) is 2.53. The van der Waals surface area contributed by atoms with Crippen molar-refractivity contribution < 1.29 is 4.79 Å². The molecule has 6 nitrogen and oxygen atoms in total. The molecule has 132 valence electrons. The Bertz CT molecular complexity index is 977. The molecule has 2 fully saturated rings. The zero-order valence-corrected chi connectivity index (χ0v) is 14.7. The van der Waals surface area contributed by atoms with E-state index in [1.807, 2.05) is 52.9 Å². The van der Waals surface area contributed by atoms with Crippen LogP contribution in [0.2, 0.25) is 0 Å². The van der Waals surface area contributed by atoms with E-state index in [1.54, 1.807) is 6.20 Å². The number of rotatable bonds is 3. The van der Waals surface area contributed by atoms with Gasteiger partial charge >= 0.3 is 6.03 Å². The first-order valence-corrected chi connectivity index (χ1v) is 9.19. The van der Waals surface area contributed by atoms with Gasteiger partial charge in [0.05, 0.1) is 23.3 Å². The molecule has 1 atom stereocenters. The Labute approximate surface area is 151 Å². The van der Waals surface area contributed by atoms with Crippen LogP contribution >= 0.6 is 0 Å². The summed E-state index contributed by atoms with van der Waals surface area (Å²) in [6.45, 7) is 2.82. The van der Waals surface area contributed by atoms with Crippen LogP contribution in [0.15, 0.2) is 42.6 Å². The molecule has 1 N–H and O–H groups in total. The maximum absolute atomic E-state index is 12.6. The molecule has 0 bridgehead atoms. The second-order valence-corrected chi connectivity index (χ2v) is 7.24. The van der Waals surface area contributed by atoms with Gasteiger partial charge in [0.1, 0.15) is 0 Å². The van der Waals surface area contributed by atoms with Crippen LogP contribution in [0.25, 0.3) is 16.7 Å². The van der Waals surface area contributed by atoms with E-state index in [2.05, 4.69) is 15.4 Å². The zero-order chi connectivity index (χ0) is 17.7. The van der Waals surface area contributed by atoms with E-state index in [0.29, 0.717) is 6.04 Å². The highest BCUT2D eigenvalue weighted by Gasteiger charge is 2.42. The molecule has 1 aliphatic carbocycles. The number of aromatic nitrogens is 3. The number of fused-ring (bicyclic) bond motifs is 1. The van der Waals surface area contributed by atoms with Crippen LogP contribution in [0.5, 0.6) is 0 Å². The predicted octanol–water partition coefficient (Wildman–Crippen LogP) is 3.75. The molecular weight excluding hydrogens is 326 g/mol. The average Bonchev–Trinajstić information content (AvgIpc) is 3.38. The van der Waals surface area contributed by atoms with Crippen molar-refractivity contribution in [2.24, 2.45) is 5.92 Å². The monoisotopic (exact) mass is 347 g/mol. The molecule has 0 spiro atoms. The van der Waals surface area contributed by atoms with Gasteiger partial charge in [-0.25, -0.2) is 14.5 Å². The second kappa shape index (κ2) is 5.83. The van der Waals surface area contributed by atoms with Gasteiger partial charge in [0.15, 0.2) is 5.65 Å². The summed E-state index contributed by atoms with van der Waals surface area (Å²) in [7, 11) is 0. The van der Waals surface area contributed by atoms with Crippen LogP contribution in [0.3, 0.4) is 0 Å². The normalized spacial score (nSPS) is 19.4. The first-order valence-electron chi connectivity index (χ1n) is 9.19. The van der Waals surface area contributed by atoms with Gasteiger partial charge in [-0.3, -0.25) is 0 Å². The highest BCUT2D eigenvalue weighted by molar-refractivity contribution is 5.93. The topological polar surface area (TPSA) is 63.1 Å². The summed E-state index contributed by atoms with van der Waals surface area (Å²) in [4.78, 5) is 19.1. The molecule has 3 aromatic rings. The molecule has 26 heavy (non-hydrogen) atoms. The van der Waals surface area contributed by atoms with E-state index in [0.717, 1.165) is 47.0 Å². The Morgan fingerprint density at radius 3 is 2.69 bits per heavy atom. The number of hydrogen-bond donors (Lipinski definition) is 1. The number of nitrogens with one attached hydrogen (secondary N) is 1. The van der Waals surface area contributed by atoms with Gasteiger partial charge in [-0.05, 0) is 50.3 Å². The van der Waals surface area contributed by atoms with Crippen LogP contribution in [0.4, 0.5) is 10.5 Å². The van der Waals surface area contributed by atoms with Gasteiger partial charge in [-0.2, -0.15) is 5.10 Å². The summed E-state index contributed by atoms with van der Waals surface area (Å²) in [6.07, 6.45) is 5.38. The first kappa shape index (κ1) is 15.4. The number of pyridine rings is 1. The number of carbonyl (C=O) groups excluding carboxylic acids is 1. The van der Waals surface area contributed by atoms with Crippen molar-refractivity contribution in [2.45, 2.75) is 32.2 Å². The number of benzene rings is 1. The molecule has 1 saturated heterocycles. The Morgan fingerprint density at radius 1 is 1.19 bits per heavy atom. The predicted molar refractivity (Wildman–Crippen MR) is 100 cm³/mol. The minimum atomic E-state index is -0.0117. The lowest BCUT2D eigenvalue weighted by Gasteiger charge is -2.41. The first-order chi connectivity index (χ1) is 12.7. The number of para-hydroxylation sites is 1. The van der Waals surface area contributed by atoms with Crippen molar-refractivity contribution >= 4 is 22.8 Å². The third-order valence-corrected chi connectivity index (χ3v) is 5.45. The Balaban J connectivity index is 1.41. The van der Waals surface area contributed by atoms with Gasteiger partial charge in [-0.15, -0.1) is 0 Å². The molecular formula is C20H21N5O. The molecule has 2 aliphatic rings. The maximum atomic E-state index is 12.6. The number of hydrogen-bond acceptors (Lipinski definition) is 3. The molecule has 2 amide bonds. The van der Waals surface area contributed by atoms with Crippen LogP contribution < -0.4 is 5.32 Å². The smallest absolute Gasteiger partial charge is 0.321 e. The third-order valence-electron chi connectivity index (χ3n) is 5.45. The lowest BCUT2D eigenvalue weighted by atomic mass is 9.99. The van der Waals surface area contributed by atoms with E-state index in [4.69, 9.17) is 0 Å². The second-order valence-electron chi connectivity index (χ2n) is 7.24. The van der Waals surface area contributed by atoms with Gasteiger partial charge in [0, 0.05) is 18.0 Å². The molecule has 0 radical (unpaired) electrons. The van der Waals surface area contributed by atoms with E-state index in [9.17, 15) is 4.79 Å². The molecule has 6 heteroatoms. The van der Waals surface area contributed by atoms with Crippen molar-refractivity contribution in [3.8, 4) is 5.69 Å². The summed E-state index contributed by atoms with van der Waals surface area (Å²) in [5.41, 5.74) is 3.39. The largest absolute Gasteiger partial charge is 0.322 e. The number of amides is 2. The summed E-state index contributed by atoms with van der Waals surface area (Å²) in [5, 5.41) is 8.58. The van der Waals surface area contributed by atoms with Crippen LogP contribution in [0, 0.1) is 12.8 Å². The molecule has 1 aliphatic heterocycles. The van der Waals surface area contributed by atoms with Crippen molar-refractivity contribution in [1.29, 1.82) is 0 Å². The summed E-state index contributed by atoms with van der Waals surface area (Å²) in [6, 6.07) is 12.3. The van der Waals surface area contributed by atoms with Gasteiger partial charge in [0.25, 0.3) is 0 Å². The highest BCUT2D eigenvalue weighted by Crippen LogP contribution is 2.41. The molecule has 1 unspecified atom stereocenters. The van der Waals surface area contributed by atoms with E-state index in [-0.39, 0.29) is 6.03 Å². The molecule has 2 aromatic heterocycles. The fraction of sp³-hybridized carbons (Fsp3) is 0.350. The van der Waals surface area contributed by atoms with Crippen molar-refractivity contribution in [3.05, 3.63) is 48.3 Å². The molecule has 1 saturated carbocycles. The lowest BCUT2D eigenvalue weighted by Crippen LogP contribution is -2.53. The average molecular weight is 347 g/mol. The van der Waals surface area contributed by atoms with Gasteiger partial charge in [-0.1, -0.05) is 18.2 Å². The number of carbonyl (C=O) groups is 1. The number of likely N-dealkylation sites (tertiary alicyclic amines) is 1. The molecule has 5 rings (SSSR count). The van der Waals surface area contributed by atoms with Crippen LogP contribution in [-0.2, 0) is 0 Å². The molecule has 3 heterocycles. The number of aryl methyl sites for hydroxylation is 1. The van der Waals surface area contributed by atoms with Crippen molar-refractivity contribution in [2.75, 3.05) is 11.9 Å². The highest BCUT2D eigenvalue weighted by atomic mass is 16.2. The number of nitrogens with zero attached hydrogens (tertiary/aromatic N) is 4. The van der Waals surface area contributed by atoms with Crippen molar-refractivity contribution in [3.63, 3.8) is 0 Å². The minimum absolute atomic E-state index is 0.0117. The van der Waals surface area contributed by atoms with E-state index < -0.39 is 0 Å². The van der Waals surface area contributed by atoms with E-state index >= 15 is 0 Å². The summed E-state index contributed by atoms with van der Waals surface area (Å²) in [5.74, 6) is 0.724. The summed E-state index contributed by atoms with van der Waals surface area (Å²) >= 11 is 0.